The van der Waals surface area contributed by atoms with Gasteiger partial charge in [0.15, 0.2) is 11.6 Å². The number of thiophene rings is 1. The van der Waals surface area contributed by atoms with Crippen LogP contribution in [-0.4, -0.2) is 33.7 Å². The Kier molecular flexibility index (Phi) is 3.83. The fourth-order valence-electron chi connectivity index (χ4n) is 4.04. The molecule has 1 aliphatic carbocycles. The number of amides is 1. The van der Waals surface area contributed by atoms with E-state index in [1.165, 1.54) is 9.89 Å². The molecule has 7 nitrogen and oxygen atoms in total. The van der Waals surface area contributed by atoms with Crippen LogP contribution in [0.4, 0.5) is 5.95 Å². The first-order valence-corrected chi connectivity index (χ1v) is 9.97. The number of rotatable bonds is 2. The molecule has 1 amide bonds. The van der Waals surface area contributed by atoms with Gasteiger partial charge >= 0.3 is 0 Å². The van der Waals surface area contributed by atoms with Crippen LogP contribution in [0.2, 0.25) is 0 Å². The first kappa shape index (κ1) is 17.1. The number of aryl methyl sites for hydroxylation is 2. The van der Waals surface area contributed by atoms with Crippen LogP contribution in [0, 0.1) is 19.8 Å². The summed E-state index contributed by atoms with van der Waals surface area (Å²) in [7, 11) is 0. The number of dihydropyridines is 1. The number of hydrogen-bond donors (Lipinski definition) is 0. The van der Waals surface area contributed by atoms with Gasteiger partial charge in [0, 0.05) is 40.4 Å². The minimum absolute atomic E-state index is 0.0383. The van der Waals surface area contributed by atoms with Gasteiger partial charge in [0.25, 0.3) is 11.9 Å². The van der Waals surface area contributed by atoms with E-state index in [1.807, 2.05) is 37.4 Å². The molecule has 0 N–H and O–H groups in total. The summed E-state index contributed by atoms with van der Waals surface area (Å²) < 4.78 is 0. The number of nitrogens with zero attached hydrogens (tertiary/aromatic N) is 5. The third-order valence-corrected chi connectivity index (χ3v) is 6.28. The van der Waals surface area contributed by atoms with Crippen molar-refractivity contribution in [3.05, 3.63) is 51.0 Å². The average Bonchev–Trinajstić information content (AvgIpc) is 3.29. The Morgan fingerprint density at radius 3 is 2.64 bits per heavy atom. The van der Waals surface area contributed by atoms with E-state index >= 15 is 0 Å². The predicted molar refractivity (Wildman–Crippen MR) is 107 cm³/mol. The average molecular weight is 391 g/mol. The summed E-state index contributed by atoms with van der Waals surface area (Å²) in [4.78, 5) is 40.2. The number of aromatic nitrogens is 2. The van der Waals surface area contributed by atoms with Crippen molar-refractivity contribution in [1.82, 2.24) is 9.97 Å². The Balaban J connectivity index is 1.53. The molecule has 0 radical (unpaired) electrons. The van der Waals surface area contributed by atoms with E-state index < -0.39 is 5.92 Å². The van der Waals surface area contributed by atoms with Gasteiger partial charge in [-0.1, -0.05) is 6.07 Å². The molecule has 28 heavy (non-hydrogen) atoms. The van der Waals surface area contributed by atoms with Gasteiger partial charge in [0.1, 0.15) is 5.92 Å². The van der Waals surface area contributed by atoms with Crippen molar-refractivity contribution < 1.29 is 9.59 Å². The number of anilines is 1. The van der Waals surface area contributed by atoms with Crippen molar-refractivity contribution in [3.8, 4) is 0 Å². The molecule has 0 spiro atoms. The van der Waals surface area contributed by atoms with E-state index in [-0.39, 0.29) is 23.6 Å². The van der Waals surface area contributed by atoms with Crippen molar-refractivity contribution in [2.45, 2.75) is 32.6 Å². The van der Waals surface area contributed by atoms with E-state index in [1.54, 1.807) is 17.6 Å². The van der Waals surface area contributed by atoms with Gasteiger partial charge < -0.3 is 0 Å². The summed E-state index contributed by atoms with van der Waals surface area (Å²) >= 11 is 1.64. The highest BCUT2D eigenvalue weighted by Crippen LogP contribution is 2.42. The molecule has 4 heterocycles. The number of amidine groups is 1. The summed E-state index contributed by atoms with van der Waals surface area (Å²) in [6.07, 6.45) is 2.67. The Hall–Kier alpha value is -3.00. The second kappa shape index (κ2) is 6.27. The largest absolute Gasteiger partial charge is 0.294 e. The Morgan fingerprint density at radius 2 is 1.93 bits per heavy atom. The molecular formula is C20H17N5O2S. The van der Waals surface area contributed by atoms with Crippen LogP contribution in [-0.2, 0) is 9.59 Å². The molecule has 0 bridgehead atoms. The summed E-state index contributed by atoms with van der Waals surface area (Å²) in [5.41, 5.74) is 2.91. The lowest BCUT2D eigenvalue weighted by molar-refractivity contribution is -0.119. The molecule has 140 valence electrons. The molecular weight excluding hydrogens is 374 g/mol. The summed E-state index contributed by atoms with van der Waals surface area (Å²) in [5, 5.41) is 7.62. The summed E-state index contributed by atoms with van der Waals surface area (Å²) in [6, 6.07) is 5.88. The highest BCUT2D eigenvalue weighted by molar-refractivity contribution is 7.10. The molecule has 0 fully saturated rings. The maximum Gasteiger partial charge on any atom is 0.265 e. The summed E-state index contributed by atoms with van der Waals surface area (Å²) in [5.74, 6) is -0.0837. The SMILES string of the molecule is Cc1cc(C)nc(N2N=C3N=CC4=C(CC(c5cccs5)CC4=O)C3C2=O)n1. The second-order valence-corrected chi connectivity index (χ2v) is 8.21. The minimum atomic E-state index is -0.629. The molecule has 2 aliphatic heterocycles. The van der Waals surface area contributed by atoms with Crippen LogP contribution in [0.3, 0.4) is 0 Å². The van der Waals surface area contributed by atoms with Crippen molar-refractivity contribution in [3.63, 3.8) is 0 Å². The Morgan fingerprint density at radius 1 is 1.14 bits per heavy atom. The number of fused-ring (bicyclic) bond motifs is 2. The topological polar surface area (TPSA) is 87.9 Å². The van der Waals surface area contributed by atoms with Crippen LogP contribution < -0.4 is 5.01 Å². The molecule has 2 unspecified atom stereocenters. The lowest BCUT2D eigenvalue weighted by Crippen LogP contribution is -2.35. The van der Waals surface area contributed by atoms with Crippen molar-refractivity contribution >= 4 is 41.0 Å². The van der Waals surface area contributed by atoms with Crippen LogP contribution in [0.15, 0.2) is 44.8 Å². The van der Waals surface area contributed by atoms with E-state index in [0.29, 0.717) is 24.3 Å². The number of carbonyl (C=O) groups is 2. The van der Waals surface area contributed by atoms with E-state index in [4.69, 9.17) is 0 Å². The van der Waals surface area contributed by atoms with Gasteiger partial charge in [-0.25, -0.2) is 15.0 Å². The molecule has 5 rings (SSSR count). The normalized spacial score (nSPS) is 23.8. The van der Waals surface area contributed by atoms with Gasteiger partial charge in [-0.2, -0.15) is 5.01 Å². The zero-order chi connectivity index (χ0) is 19.4. The van der Waals surface area contributed by atoms with Gasteiger partial charge in [0.2, 0.25) is 0 Å². The number of hydrogen-bond acceptors (Lipinski definition) is 7. The van der Waals surface area contributed by atoms with Gasteiger partial charge in [-0.3, -0.25) is 9.59 Å². The number of allylic oxidation sites excluding steroid dienone is 1. The molecule has 0 saturated heterocycles. The van der Waals surface area contributed by atoms with E-state index in [0.717, 1.165) is 17.0 Å². The lowest BCUT2D eigenvalue weighted by atomic mass is 9.76. The van der Waals surface area contributed by atoms with Crippen molar-refractivity contribution in [1.29, 1.82) is 0 Å². The quantitative estimate of drug-likeness (QED) is 0.787. The Bertz CT molecular complexity index is 1080. The first-order chi connectivity index (χ1) is 13.5. The number of carbonyl (C=O) groups excluding carboxylic acids is 2. The zero-order valence-electron chi connectivity index (χ0n) is 15.4. The maximum atomic E-state index is 13.2. The number of hydrazone groups is 1. The molecule has 0 saturated carbocycles. The van der Waals surface area contributed by atoms with Crippen molar-refractivity contribution in [2.24, 2.45) is 16.0 Å². The molecule has 3 aliphatic rings. The zero-order valence-corrected chi connectivity index (χ0v) is 16.2. The predicted octanol–water partition coefficient (Wildman–Crippen LogP) is 2.96. The monoisotopic (exact) mass is 391 g/mol. The second-order valence-electron chi connectivity index (χ2n) is 7.23. The molecule has 2 atom stereocenters. The fourth-order valence-corrected chi connectivity index (χ4v) is 4.87. The molecule has 2 aromatic rings. The minimum Gasteiger partial charge on any atom is -0.294 e. The van der Waals surface area contributed by atoms with Crippen molar-refractivity contribution in [2.75, 3.05) is 5.01 Å². The molecule has 0 aromatic carbocycles. The van der Waals surface area contributed by atoms with E-state index in [2.05, 4.69) is 20.1 Å². The standard InChI is InChI=1S/C20H17N5O2S/c1-10-6-11(2)23-20(22-10)25-19(27)17-13-7-12(16-4-3-5-28-16)8-15(26)14(13)9-21-18(17)24-25/h3-6,9,12,17H,7-8H2,1-2H3. The van der Waals surface area contributed by atoms with Gasteiger partial charge in [-0.05, 0) is 43.4 Å². The third-order valence-electron chi connectivity index (χ3n) is 5.24. The maximum absolute atomic E-state index is 13.2. The molecule has 2 aromatic heterocycles. The van der Waals surface area contributed by atoms with Crippen LogP contribution >= 0.6 is 11.3 Å². The number of aliphatic imine (C=N–C) groups is 1. The third kappa shape index (κ3) is 2.63. The number of ketones is 1. The van der Waals surface area contributed by atoms with Crippen LogP contribution in [0.25, 0.3) is 0 Å². The highest BCUT2D eigenvalue weighted by atomic mass is 32.1. The van der Waals surface area contributed by atoms with Crippen LogP contribution in [0.1, 0.15) is 35.0 Å². The smallest absolute Gasteiger partial charge is 0.265 e. The first-order valence-electron chi connectivity index (χ1n) is 9.09. The molecule has 8 heteroatoms. The van der Waals surface area contributed by atoms with E-state index in [9.17, 15) is 9.59 Å². The van der Waals surface area contributed by atoms with Crippen LogP contribution in [0.5, 0.6) is 0 Å². The highest BCUT2D eigenvalue weighted by Gasteiger charge is 2.46. The van der Waals surface area contributed by atoms with Gasteiger partial charge in [0.05, 0.1) is 0 Å². The lowest BCUT2D eigenvalue weighted by Gasteiger charge is -2.28. The van der Waals surface area contributed by atoms with Gasteiger partial charge in [-0.15, -0.1) is 16.4 Å². The fraction of sp³-hybridized carbons (Fsp3) is 0.300. The Labute approximate surface area is 165 Å². The number of Topliss-reactive ketones (excluding diaryl/α,β-unsaturated/α-hetero) is 1. The summed E-state index contributed by atoms with van der Waals surface area (Å²) in [6.45, 7) is 3.70.